The number of rotatable bonds is 7. The highest BCUT2D eigenvalue weighted by atomic mass is 35.5. The maximum absolute atomic E-state index is 11.7. The fraction of sp³-hybridized carbons (Fsp3) is 0.235. The normalized spacial score (nSPS) is 10.3. The molecule has 0 saturated carbocycles. The lowest BCUT2D eigenvalue weighted by Gasteiger charge is -2.05. The van der Waals surface area contributed by atoms with Gasteiger partial charge in [0.15, 0.2) is 0 Å². The number of thioether (sulfide) groups is 1. The summed E-state index contributed by atoms with van der Waals surface area (Å²) in [7, 11) is 0. The summed E-state index contributed by atoms with van der Waals surface area (Å²) in [6.45, 7) is 0.681. The largest absolute Gasteiger partial charge is 0.355 e. The third-order valence-electron chi connectivity index (χ3n) is 2.99. The summed E-state index contributed by atoms with van der Waals surface area (Å²) < 4.78 is 0. The average Bonchev–Trinajstić information content (AvgIpc) is 2.52. The van der Waals surface area contributed by atoms with Crippen LogP contribution in [0.25, 0.3) is 0 Å². The standard InChI is InChI=1S/C17H18ClNOS/c18-15-7-9-16(10-8-15)21-13-12-19-17(20)11-6-14-4-2-1-3-5-14/h1-5,7-10H,6,11-13H2,(H,19,20). The van der Waals surface area contributed by atoms with Gasteiger partial charge < -0.3 is 5.32 Å². The number of hydrogen-bond acceptors (Lipinski definition) is 2. The van der Waals surface area contributed by atoms with E-state index < -0.39 is 0 Å². The molecular weight excluding hydrogens is 302 g/mol. The Morgan fingerprint density at radius 1 is 1.05 bits per heavy atom. The number of halogens is 1. The predicted molar refractivity (Wildman–Crippen MR) is 89.9 cm³/mol. The summed E-state index contributed by atoms with van der Waals surface area (Å²) in [6.07, 6.45) is 1.33. The van der Waals surface area contributed by atoms with Gasteiger partial charge in [-0.05, 0) is 36.2 Å². The van der Waals surface area contributed by atoms with E-state index >= 15 is 0 Å². The second-order valence-electron chi connectivity index (χ2n) is 4.64. The molecule has 0 bridgehead atoms. The van der Waals surface area contributed by atoms with Crippen molar-refractivity contribution in [1.82, 2.24) is 5.32 Å². The summed E-state index contributed by atoms with van der Waals surface area (Å²) in [6, 6.07) is 17.8. The fourth-order valence-electron chi connectivity index (χ4n) is 1.88. The quantitative estimate of drug-likeness (QED) is 0.612. The summed E-state index contributed by atoms with van der Waals surface area (Å²) in [5.41, 5.74) is 1.20. The van der Waals surface area contributed by atoms with E-state index in [2.05, 4.69) is 5.32 Å². The number of carbonyl (C=O) groups excluding carboxylic acids is 1. The molecular formula is C17H18ClNOS. The van der Waals surface area contributed by atoms with E-state index in [-0.39, 0.29) is 5.91 Å². The fourth-order valence-corrected chi connectivity index (χ4v) is 2.78. The number of hydrogen-bond donors (Lipinski definition) is 1. The maximum Gasteiger partial charge on any atom is 0.220 e. The molecule has 1 N–H and O–H groups in total. The SMILES string of the molecule is O=C(CCc1ccccc1)NCCSc1ccc(Cl)cc1. The van der Waals surface area contributed by atoms with Gasteiger partial charge in [0.25, 0.3) is 0 Å². The lowest BCUT2D eigenvalue weighted by molar-refractivity contribution is -0.120. The molecule has 0 fully saturated rings. The van der Waals surface area contributed by atoms with Gasteiger partial charge in [-0.3, -0.25) is 4.79 Å². The molecule has 110 valence electrons. The summed E-state index contributed by atoms with van der Waals surface area (Å²) in [5.74, 6) is 0.967. The van der Waals surface area contributed by atoms with Crippen molar-refractivity contribution in [3.8, 4) is 0 Å². The average molecular weight is 320 g/mol. The van der Waals surface area contributed by atoms with Crippen LogP contribution in [0.4, 0.5) is 0 Å². The van der Waals surface area contributed by atoms with E-state index in [1.807, 2.05) is 54.6 Å². The van der Waals surface area contributed by atoms with Gasteiger partial charge in [0.2, 0.25) is 5.91 Å². The first-order valence-corrected chi connectivity index (χ1v) is 8.29. The van der Waals surface area contributed by atoms with E-state index in [0.29, 0.717) is 13.0 Å². The van der Waals surface area contributed by atoms with E-state index in [9.17, 15) is 4.79 Å². The molecule has 0 saturated heterocycles. The Labute approximate surface area is 134 Å². The molecule has 0 spiro atoms. The zero-order chi connectivity index (χ0) is 14.9. The first-order valence-electron chi connectivity index (χ1n) is 6.93. The van der Waals surface area contributed by atoms with Gasteiger partial charge >= 0.3 is 0 Å². The Kier molecular flexibility index (Phi) is 6.64. The smallest absolute Gasteiger partial charge is 0.220 e. The van der Waals surface area contributed by atoms with Crippen molar-refractivity contribution in [2.75, 3.05) is 12.3 Å². The Balaban J connectivity index is 1.60. The summed E-state index contributed by atoms with van der Waals surface area (Å²) in [4.78, 5) is 12.9. The molecule has 1 amide bonds. The molecule has 0 radical (unpaired) electrons. The van der Waals surface area contributed by atoms with Crippen LogP contribution in [0, 0.1) is 0 Å². The summed E-state index contributed by atoms with van der Waals surface area (Å²) >= 11 is 7.55. The summed E-state index contributed by atoms with van der Waals surface area (Å²) in [5, 5.41) is 3.69. The van der Waals surface area contributed by atoms with Crippen molar-refractivity contribution >= 4 is 29.3 Å². The first kappa shape index (κ1) is 15.9. The van der Waals surface area contributed by atoms with Crippen LogP contribution in [0.5, 0.6) is 0 Å². The van der Waals surface area contributed by atoms with Crippen LogP contribution in [0.2, 0.25) is 5.02 Å². The number of benzene rings is 2. The molecule has 0 unspecified atom stereocenters. The number of amides is 1. The van der Waals surface area contributed by atoms with Crippen LogP contribution in [-0.4, -0.2) is 18.2 Å². The van der Waals surface area contributed by atoms with Crippen molar-refractivity contribution in [2.24, 2.45) is 0 Å². The third kappa shape index (κ3) is 6.23. The lowest BCUT2D eigenvalue weighted by atomic mass is 10.1. The van der Waals surface area contributed by atoms with E-state index in [1.54, 1.807) is 11.8 Å². The Morgan fingerprint density at radius 2 is 1.76 bits per heavy atom. The molecule has 0 aliphatic heterocycles. The van der Waals surface area contributed by atoms with E-state index in [0.717, 1.165) is 22.1 Å². The van der Waals surface area contributed by atoms with Gasteiger partial charge in [0.05, 0.1) is 0 Å². The van der Waals surface area contributed by atoms with Crippen molar-refractivity contribution in [3.05, 3.63) is 65.2 Å². The van der Waals surface area contributed by atoms with Gasteiger partial charge in [-0.15, -0.1) is 11.8 Å². The van der Waals surface area contributed by atoms with Crippen molar-refractivity contribution in [2.45, 2.75) is 17.7 Å². The molecule has 0 aromatic heterocycles. The topological polar surface area (TPSA) is 29.1 Å². The number of aryl methyl sites for hydroxylation is 1. The molecule has 4 heteroatoms. The second-order valence-corrected chi connectivity index (χ2v) is 6.24. The zero-order valence-electron chi connectivity index (χ0n) is 11.7. The first-order chi connectivity index (χ1) is 10.2. The minimum absolute atomic E-state index is 0.107. The molecule has 2 nitrogen and oxygen atoms in total. The Morgan fingerprint density at radius 3 is 2.48 bits per heavy atom. The predicted octanol–water partition coefficient (Wildman–Crippen LogP) is 4.18. The van der Waals surface area contributed by atoms with Gasteiger partial charge in [0.1, 0.15) is 0 Å². The number of nitrogens with one attached hydrogen (secondary N) is 1. The molecule has 0 heterocycles. The minimum atomic E-state index is 0.107. The highest BCUT2D eigenvalue weighted by molar-refractivity contribution is 7.99. The van der Waals surface area contributed by atoms with E-state index in [4.69, 9.17) is 11.6 Å². The van der Waals surface area contributed by atoms with E-state index in [1.165, 1.54) is 5.56 Å². The number of carbonyl (C=O) groups is 1. The Hall–Kier alpha value is -1.45. The highest BCUT2D eigenvalue weighted by Gasteiger charge is 2.01. The van der Waals surface area contributed by atoms with Gasteiger partial charge in [-0.25, -0.2) is 0 Å². The van der Waals surface area contributed by atoms with Crippen molar-refractivity contribution in [1.29, 1.82) is 0 Å². The van der Waals surface area contributed by atoms with Crippen LogP contribution >= 0.6 is 23.4 Å². The molecule has 0 aliphatic rings. The molecule has 0 aliphatic carbocycles. The second kappa shape index (κ2) is 8.75. The van der Waals surface area contributed by atoms with Crippen LogP contribution in [0.15, 0.2) is 59.5 Å². The van der Waals surface area contributed by atoms with Gasteiger partial charge in [-0.1, -0.05) is 41.9 Å². The van der Waals surface area contributed by atoms with Crippen molar-refractivity contribution < 1.29 is 4.79 Å². The third-order valence-corrected chi connectivity index (χ3v) is 4.26. The van der Waals surface area contributed by atoms with Gasteiger partial charge in [-0.2, -0.15) is 0 Å². The molecule has 0 atom stereocenters. The van der Waals surface area contributed by atoms with Crippen LogP contribution < -0.4 is 5.32 Å². The Bertz CT molecular complexity index is 557. The molecule has 2 rings (SSSR count). The van der Waals surface area contributed by atoms with Crippen LogP contribution in [0.1, 0.15) is 12.0 Å². The molecule has 21 heavy (non-hydrogen) atoms. The maximum atomic E-state index is 11.7. The monoisotopic (exact) mass is 319 g/mol. The van der Waals surface area contributed by atoms with Crippen LogP contribution in [-0.2, 0) is 11.2 Å². The molecule has 2 aromatic carbocycles. The zero-order valence-corrected chi connectivity index (χ0v) is 13.3. The van der Waals surface area contributed by atoms with Gasteiger partial charge in [0, 0.05) is 28.6 Å². The highest BCUT2D eigenvalue weighted by Crippen LogP contribution is 2.19. The van der Waals surface area contributed by atoms with Crippen LogP contribution in [0.3, 0.4) is 0 Å². The lowest BCUT2D eigenvalue weighted by Crippen LogP contribution is -2.25. The minimum Gasteiger partial charge on any atom is -0.355 e. The van der Waals surface area contributed by atoms with Crippen molar-refractivity contribution in [3.63, 3.8) is 0 Å². The molecule has 2 aromatic rings.